The molecule has 2 unspecified atom stereocenters. The Hall–Kier alpha value is -0.830. The van der Waals surface area contributed by atoms with Crippen molar-refractivity contribution in [3.05, 3.63) is 18.0 Å². The molecule has 1 aromatic heterocycles. The van der Waals surface area contributed by atoms with Crippen molar-refractivity contribution in [1.29, 1.82) is 0 Å². The van der Waals surface area contributed by atoms with E-state index >= 15 is 0 Å². The summed E-state index contributed by atoms with van der Waals surface area (Å²) in [7, 11) is 0. The average Bonchev–Trinajstić information content (AvgIpc) is 2.69. The largest absolute Gasteiger partial charge is 0.393 e. The van der Waals surface area contributed by atoms with E-state index in [0.717, 1.165) is 19.4 Å². The van der Waals surface area contributed by atoms with Crippen LogP contribution in [0.2, 0.25) is 0 Å². The Morgan fingerprint density at radius 1 is 1.47 bits per heavy atom. The van der Waals surface area contributed by atoms with Crippen molar-refractivity contribution in [3.63, 3.8) is 0 Å². The van der Waals surface area contributed by atoms with E-state index in [1.165, 1.54) is 24.8 Å². The molecule has 2 rings (SSSR count). The maximum absolute atomic E-state index is 9.87. The molecule has 1 heterocycles. The molecule has 1 N–H and O–H groups in total. The number of aromatic nitrogens is 2. The Morgan fingerprint density at radius 3 is 2.93 bits per heavy atom. The van der Waals surface area contributed by atoms with Gasteiger partial charge in [0.05, 0.1) is 12.3 Å². The first-order valence-electron chi connectivity index (χ1n) is 5.99. The van der Waals surface area contributed by atoms with Gasteiger partial charge in [0.2, 0.25) is 0 Å². The summed E-state index contributed by atoms with van der Waals surface area (Å²) in [6.07, 6.45) is 9.53. The van der Waals surface area contributed by atoms with E-state index in [4.69, 9.17) is 0 Å². The molecule has 2 atom stereocenters. The van der Waals surface area contributed by atoms with Gasteiger partial charge in [-0.1, -0.05) is 12.8 Å². The summed E-state index contributed by atoms with van der Waals surface area (Å²) in [5.41, 5.74) is 1.27. The van der Waals surface area contributed by atoms with Crippen LogP contribution in [-0.2, 0) is 13.0 Å². The number of aliphatic hydroxyl groups is 1. The highest BCUT2D eigenvalue weighted by atomic mass is 16.3. The number of hydrogen-bond acceptors (Lipinski definition) is 2. The quantitative estimate of drug-likeness (QED) is 0.825. The highest BCUT2D eigenvalue weighted by molar-refractivity contribution is 5.06. The van der Waals surface area contributed by atoms with Crippen LogP contribution >= 0.6 is 0 Å². The van der Waals surface area contributed by atoms with Crippen LogP contribution < -0.4 is 0 Å². The first-order valence-corrected chi connectivity index (χ1v) is 5.99. The van der Waals surface area contributed by atoms with Crippen LogP contribution in [0.25, 0.3) is 0 Å². The summed E-state index contributed by atoms with van der Waals surface area (Å²) in [5, 5.41) is 14.1. The fraction of sp³-hybridized carbons (Fsp3) is 0.750. The molecule has 0 bridgehead atoms. The molecule has 1 saturated carbocycles. The third-order valence-electron chi connectivity index (χ3n) is 3.38. The van der Waals surface area contributed by atoms with E-state index in [2.05, 4.69) is 18.2 Å². The van der Waals surface area contributed by atoms with Gasteiger partial charge in [-0.25, -0.2) is 0 Å². The molecule has 15 heavy (non-hydrogen) atoms. The molecule has 0 spiro atoms. The van der Waals surface area contributed by atoms with Gasteiger partial charge in [-0.05, 0) is 37.7 Å². The van der Waals surface area contributed by atoms with Crippen molar-refractivity contribution >= 4 is 0 Å². The number of aliphatic hydroxyl groups excluding tert-OH is 1. The summed E-state index contributed by atoms with van der Waals surface area (Å²) in [5.74, 6) is 0.452. The zero-order valence-electron chi connectivity index (χ0n) is 9.39. The zero-order valence-corrected chi connectivity index (χ0v) is 9.39. The monoisotopic (exact) mass is 208 g/mol. The maximum Gasteiger partial charge on any atom is 0.0571 e. The van der Waals surface area contributed by atoms with Gasteiger partial charge in [0, 0.05) is 12.7 Å². The van der Waals surface area contributed by atoms with Gasteiger partial charge in [-0.2, -0.15) is 5.10 Å². The van der Waals surface area contributed by atoms with Gasteiger partial charge in [0.25, 0.3) is 0 Å². The second kappa shape index (κ2) is 4.79. The van der Waals surface area contributed by atoms with Crippen LogP contribution in [0, 0.1) is 5.92 Å². The average molecular weight is 208 g/mol. The minimum atomic E-state index is -0.0938. The van der Waals surface area contributed by atoms with E-state index in [0.29, 0.717) is 5.92 Å². The molecule has 0 aromatic carbocycles. The molecule has 0 saturated heterocycles. The van der Waals surface area contributed by atoms with Gasteiger partial charge < -0.3 is 5.11 Å². The predicted molar refractivity (Wildman–Crippen MR) is 59.6 cm³/mol. The smallest absolute Gasteiger partial charge is 0.0571 e. The minimum absolute atomic E-state index is 0.0938. The molecule has 0 aliphatic heterocycles. The van der Waals surface area contributed by atoms with Gasteiger partial charge in [0.15, 0.2) is 0 Å². The maximum atomic E-state index is 9.87. The van der Waals surface area contributed by atoms with Crippen molar-refractivity contribution in [1.82, 2.24) is 9.78 Å². The van der Waals surface area contributed by atoms with Crippen molar-refractivity contribution in [2.75, 3.05) is 0 Å². The minimum Gasteiger partial charge on any atom is -0.393 e. The zero-order chi connectivity index (χ0) is 10.7. The lowest BCUT2D eigenvalue weighted by atomic mass is 9.83. The van der Waals surface area contributed by atoms with E-state index < -0.39 is 0 Å². The molecule has 0 radical (unpaired) electrons. The van der Waals surface area contributed by atoms with Crippen molar-refractivity contribution < 1.29 is 5.11 Å². The van der Waals surface area contributed by atoms with E-state index in [1.54, 1.807) is 0 Å². The van der Waals surface area contributed by atoms with Crippen LogP contribution in [-0.4, -0.2) is 21.0 Å². The summed E-state index contributed by atoms with van der Waals surface area (Å²) >= 11 is 0. The molecular weight excluding hydrogens is 188 g/mol. The molecule has 1 aromatic rings. The fourth-order valence-electron chi connectivity index (χ4n) is 2.41. The second-order valence-electron chi connectivity index (χ2n) is 4.52. The lowest BCUT2D eigenvalue weighted by Crippen LogP contribution is -2.26. The number of rotatable bonds is 3. The van der Waals surface area contributed by atoms with E-state index in [9.17, 15) is 5.11 Å². The lowest BCUT2D eigenvalue weighted by molar-refractivity contribution is 0.0700. The molecule has 3 heteroatoms. The summed E-state index contributed by atoms with van der Waals surface area (Å²) < 4.78 is 1.95. The molecule has 0 amide bonds. The number of nitrogens with zero attached hydrogens (tertiary/aromatic N) is 2. The Bertz CT molecular complexity index is 308. The van der Waals surface area contributed by atoms with Crippen LogP contribution in [0.3, 0.4) is 0 Å². The van der Waals surface area contributed by atoms with E-state index in [1.807, 2.05) is 10.9 Å². The van der Waals surface area contributed by atoms with Gasteiger partial charge >= 0.3 is 0 Å². The van der Waals surface area contributed by atoms with Gasteiger partial charge in [0.1, 0.15) is 0 Å². The SMILES string of the molecule is CCn1cc(CC2CCCCC2O)cn1. The van der Waals surface area contributed by atoms with Crippen molar-refractivity contribution in [3.8, 4) is 0 Å². The normalized spacial score (nSPS) is 26.8. The third-order valence-corrected chi connectivity index (χ3v) is 3.38. The Balaban J connectivity index is 1.95. The summed E-state index contributed by atoms with van der Waals surface area (Å²) in [6, 6.07) is 0. The number of hydrogen-bond donors (Lipinski definition) is 1. The summed E-state index contributed by atoms with van der Waals surface area (Å²) in [6.45, 7) is 3.01. The summed E-state index contributed by atoms with van der Waals surface area (Å²) in [4.78, 5) is 0. The van der Waals surface area contributed by atoms with E-state index in [-0.39, 0.29) is 6.10 Å². The number of aryl methyl sites for hydroxylation is 1. The standard InChI is InChI=1S/C12H20N2O/c1-2-14-9-10(8-13-14)7-11-5-3-4-6-12(11)15/h8-9,11-12,15H,2-7H2,1H3. The molecule has 1 aliphatic rings. The Morgan fingerprint density at radius 2 is 2.27 bits per heavy atom. The first kappa shape index (κ1) is 10.7. The fourth-order valence-corrected chi connectivity index (χ4v) is 2.41. The predicted octanol–water partition coefficient (Wildman–Crippen LogP) is 2.00. The highest BCUT2D eigenvalue weighted by Gasteiger charge is 2.23. The molecule has 1 fully saturated rings. The topological polar surface area (TPSA) is 38.0 Å². The van der Waals surface area contributed by atoms with Gasteiger partial charge in [-0.3, -0.25) is 4.68 Å². The van der Waals surface area contributed by atoms with Crippen LogP contribution in [0.4, 0.5) is 0 Å². The highest BCUT2D eigenvalue weighted by Crippen LogP contribution is 2.27. The first-order chi connectivity index (χ1) is 7.29. The molecule has 84 valence electrons. The molecule has 3 nitrogen and oxygen atoms in total. The van der Waals surface area contributed by atoms with Gasteiger partial charge in [-0.15, -0.1) is 0 Å². The third kappa shape index (κ3) is 2.59. The molecule has 1 aliphatic carbocycles. The Labute approximate surface area is 91.1 Å². The second-order valence-corrected chi connectivity index (χ2v) is 4.52. The van der Waals surface area contributed by atoms with Crippen LogP contribution in [0.5, 0.6) is 0 Å². The Kier molecular flexibility index (Phi) is 3.41. The molecular formula is C12H20N2O. The van der Waals surface area contributed by atoms with Crippen molar-refractivity contribution in [2.24, 2.45) is 5.92 Å². The van der Waals surface area contributed by atoms with Crippen LogP contribution in [0.15, 0.2) is 12.4 Å². The van der Waals surface area contributed by atoms with Crippen LogP contribution in [0.1, 0.15) is 38.2 Å². The lowest BCUT2D eigenvalue weighted by Gasteiger charge is -2.27. The van der Waals surface area contributed by atoms with Crippen molar-refractivity contribution in [2.45, 2.75) is 51.7 Å².